The Morgan fingerprint density at radius 1 is 0.464 bits per heavy atom. The average Bonchev–Trinajstić information content (AvgIpc) is 3.20. The Labute approximate surface area is 346 Å². The van der Waals surface area contributed by atoms with Crippen molar-refractivity contribution in [3.05, 3.63) is 109 Å². The zero-order chi connectivity index (χ0) is 40.7. The fourth-order valence-electron chi connectivity index (χ4n) is 6.34. The summed E-state index contributed by atoms with van der Waals surface area (Å²) in [5.74, 6) is -0.0857. The third-order valence-corrected chi connectivity index (χ3v) is 9.81. The zero-order valence-corrected chi connectivity index (χ0v) is 36.4. The van der Waals surface area contributed by atoms with Gasteiger partial charge in [-0.2, -0.15) is 0 Å². The second kappa shape index (κ2) is 46.4. The van der Waals surface area contributed by atoms with Crippen molar-refractivity contribution < 1.29 is 15.0 Å². The summed E-state index contributed by atoms with van der Waals surface area (Å²) in [6, 6.07) is -0.648. The lowest BCUT2D eigenvalue weighted by atomic mass is 10.0. The molecular formula is C52H87NO3. The van der Waals surface area contributed by atoms with Crippen molar-refractivity contribution in [1.29, 1.82) is 0 Å². The molecule has 0 aromatic rings. The van der Waals surface area contributed by atoms with E-state index >= 15 is 0 Å². The van der Waals surface area contributed by atoms with Crippen LogP contribution in [0, 0.1) is 0 Å². The number of unbranched alkanes of at least 4 members (excludes halogenated alkanes) is 18. The molecule has 0 aliphatic rings. The highest BCUT2D eigenvalue weighted by molar-refractivity contribution is 5.76. The Balaban J connectivity index is 3.51. The highest BCUT2D eigenvalue weighted by atomic mass is 16.3. The van der Waals surface area contributed by atoms with Gasteiger partial charge < -0.3 is 15.5 Å². The molecular weight excluding hydrogens is 687 g/mol. The summed E-state index contributed by atoms with van der Waals surface area (Å²) < 4.78 is 0. The van der Waals surface area contributed by atoms with Gasteiger partial charge in [0.05, 0.1) is 18.8 Å². The number of hydrogen-bond acceptors (Lipinski definition) is 3. The van der Waals surface area contributed by atoms with Gasteiger partial charge in [0.1, 0.15) is 0 Å². The van der Waals surface area contributed by atoms with Crippen LogP contribution in [0.1, 0.15) is 194 Å². The SMILES string of the molecule is C/C=C/CC/C=C/CC/C=C/C(O)C(CO)NC(=O)CCCCCCCCCCCCCCCCCC/C=C\C/C=C\C/C=C\C/C=C\C/C=C\C/C=C\CC. The lowest BCUT2D eigenvalue weighted by Crippen LogP contribution is -2.45. The van der Waals surface area contributed by atoms with Crippen LogP contribution in [0.4, 0.5) is 0 Å². The van der Waals surface area contributed by atoms with Crippen LogP contribution in [0.2, 0.25) is 0 Å². The van der Waals surface area contributed by atoms with Gasteiger partial charge in [-0.15, -0.1) is 0 Å². The summed E-state index contributed by atoms with van der Waals surface area (Å²) in [6.07, 6.45) is 71.0. The highest BCUT2D eigenvalue weighted by Gasteiger charge is 2.17. The molecule has 0 saturated carbocycles. The van der Waals surface area contributed by atoms with Crippen molar-refractivity contribution in [2.24, 2.45) is 0 Å². The molecule has 0 rings (SSSR count). The average molecular weight is 774 g/mol. The topological polar surface area (TPSA) is 69.6 Å². The smallest absolute Gasteiger partial charge is 0.220 e. The third-order valence-electron chi connectivity index (χ3n) is 9.81. The van der Waals surface area contributed by atoms with Gasteiger partial charge in [-0.25, -0.2) is 0 Å². The van der Waals surface area contributed by atoms with E-state index < -0.39 is 12.1 Å². The van der Waals surface area contributed by atoms with Crippen molar-refractivity contribution in [2.45, 2.75) is 206 Å². The lowest BCUT2D eigenvalue weighted by Gasteiger charge is -2.19. The Morgan fingerprint density at radius 3 is 1.25 bits per heavy atom. The fraction of sp³-hybridized carbons (Fsp3) is 0.635. The first-order valence-electron chi connectivity index (χ1n) is 23.1. The van der Waals surface area contributed by atoms with E-state index in [1.165, 1.54) is 96.3 Å². The van der Waals surface area contributed by atoms with E-state index in [1.807, 2.05) is 13.0 Å². The molecule has 0 spiro atoms. The van der Waals surface area contributed by atoms with Gasteiger partial charge in [-0.05, 0) is 90.4 Å². The minimum atomic E-state index is -0.872. The summed E-state index contributed by atoms with van der Waals surface area (Å²) in [5, 5.41) is 22.8. The molecule has 0 aliphatic heterocycles. The van der Waals surface area contributed by atoms with Crippen molar-refractivity contribution in [2.75, 3.05) is 6.61 Å². The van der Waals surface area contributed by atoms with Gasteiger partial charge in [-0.3, -0.25) is 4.79 Å². The van der Waals surface area contributed by atoms with E-state index in [0.29, 0.717) is 6.42 Å². The quantitative estimate of drug-likeness (QED) is 0.0429. The van der Waals surface area contributed by atoms with E-state index in [0.717, 1.165) is 77.0 Å². The molecule has 0 saturated heterocycles. The third kappa shape index (κ3) is 42.2. The maximum absolute atomic E-state index is 12.3. The minimum absolute atomic E-state index is 0.0857. The first-order chi connectivity index (χ1) is 27.7. The molecule has 0 aromatic carbocycles. The number of rotatable bonds is 40. The molecule has 4 nitrogen and oxygen atoms in total. The van der Waals surface area contributed by atoms with Crippen LogP contribution in [0.15, 0.2) is 109 Å². The van der Waals surface area contributed by atoms with Gasteiger partial charge in [-0.1, -0.05) is 206 Å². The first kappa shape index (κ1) is 53.1. The van der Waals surface area contributed by atoms with Crippen LogP contribution in [0.5, 0.6) is 0 Å². The van der Waals surface area contributed by atoms with E-state index in [-0.39, 0.29) is 12.5 Å². The summed E-state index contributed by atoms with van der Waals surface area (Å²) in [6.45, 7) is 3.93. The minimum Gasteiger partial charge on any atom is -0.394 e. The first-order valence-corrected chi connectivity index (χ1v) is 23.1. The van der Waals surface area contributed by atoms with E-state index in [2.05, 4.69) is 109 Å². The summed E-state index contributed by atoms with van der Waals surface area (Å²) in [7, 11) is 0. The van der Waals surface area contributed by atoms with E-state index in [9.17, 15) is 15.0 Å². The van der Waals surface area contributed by atoms with Gasteiger partial charge in [0.15, 0.2) is 0 Å². The van der Waals surface area contributed by atoms with Crippen molar-refractivity contribution >= 4 is 5.91 Å². The molecule has 0 aliphatic carbocycles. The van der Waals surface area contributed by atoms with Gasteiger partial charge >= 0.3 is 0 Å². The molecule has 4 heteroatoms. The Hall–Kier alpha value is -2.95. The number of allylic oxidation sites excluding steroid dienone is 17. The number of nitrogens with one attached hydrogen (secondary N) is 1. The van der Waals surface area contributed by atoms with Crippen LogP contribution in [0.3, 0.4) is 0 Å². The molecule has 3 N–H and O–H groups in total. The van der Waals surface area contributed by atoms with E-state index in [4.69, 9.17) is 0 Å². The van der Waals surface area contributed by atoms with Gasteiger partial charge in [0.2, 0.25) is 5.91 Å². The van der Waals surface area contributed by atoms with Gasteiger partial charge in [0, 0.05) is 6.42 Å². The summed E-state index contributed by atoms with van der Waals surface area (Å²) >= 11 is 0. The second-order valence-electron chi connectivity index (χ2n) is 15.1. The number of aliphatic hydroxyl groups is 2. The fourth-order valence-corrected chi connectivity index (χ4v) is 6.34. The molecule has 0 heterocycles. The monoisotopic (exact) mass is 774 g/mol. The van der Waals surface area contributed by atoms with Crippen molar-refractivity contribution in [1.82, 2.24) is 5.32 Å². The molecule has 0 radical (unpaired) electrons. The molecule has 0 aromatic heterocycles. The zero-order valence-electron chi connectivity index (χ0n) is 36.4. The Bertz CT molecular complexity index is 1110. The molecule has 56 heavy (non-hydrogen) atoms. The standard InChI is InChI=1S/C52H87NO3/c1-3-5-7-9-11-13-14-15-16-17-18-19-20-21-22-23-24-25-26-27-28-29-30-31-32-33-34-35-36-37-38-40-42-44-46-48-52(56)53-50(49-54)51(55)47-45-43-41-39-12-10-8-6-4-2/h4-7,11-13,15-16,18-19,21-22,24-25,39,45,47,50-51,54-55H,3,8-10,14,17,20,23,26-38,40-44,46,48-49H2,1-2H3,(H,53,56)/b6-4+,7-5-,13-11-,16-15-,19-18-,22-21-,25-24-,39-12+,47-45+. The number of amides is 1. The summed E-state index contributed by atoms with van der Waals surface area (Å²) in [4.78, 5) is 12.3. The second-order valence-corrected chi connectivity index (χ2v) is 15.1. The summed E-state index contributed by atoms with van der Waals surface area (Å²) in [5.41, 5.74) is 0. The normalized spacial score (nSPS) is 14.0. The van der Waals surface area contributed by atoms with Gasteiger partial charge in [0.25, 0.3) is 0 Å². The number of carbonyl (C=O) groups excluding carboxylic acids is 1. The molecule has 318 valence electrons. The predicted molar refractivity (Wildman–Crippen MR) is 248 cm³/mol. The number of hydrogen-bond donors (Lipinski definition) is 3. The van der Waals surface area contributed by atoms with Crippen molar-refractivity contribution in [3.63, 3.8) is 0 Å². The van der Waals surface area contributed by atoms with Crippen LogP contribution >= 0.6 is 0 Å². The predicted octanol–water partition coefficient (Wildman–Crippen LogP) is 14.8. The Kier molecular flexibility index (Phi) is 44.0. The number of aliphatic hydroxyl groups excluding tert-OH is 2. The molecule has 0 fully saturated rings. The largest absolute Gasteiger partial charge is 0.394 e. The van der Waals surface area contributed by atoms with E-state index in [1.54, 1.807) is 6.08 Å². The molecule has 1 amide bonds. The number of carbonyl (C=O) groups is 1. The molecule has 2 atom stereocenters. The maximum atomic E-state index is 12.3. The lowest BCUT2D eigenvalue weighted by molar-refractivity contribution is -0.123. The van der Waals surface area contributed by atoms with Crippen LogP contribution in [-0.4, -0.2) is 34.9 Å². The molecule has 0 bridgehead atoms. The maximum Gasteiger partial charge on any atom is 0.220 e. The highest BCUT2D eigenvalue weighted by Crippen LogP contribution is 2.15. The van der Waals surface area contributed by atoms with Crippen molar-refractivity contribution in [3.8, 4) is 0 Å². The van der Waals surface area contributed by atoms with Crippen LogP contribution in [0.25, 0.3) is 0 Å². The Morgan fingerprint density at radius 2 is 0.821 bits per heavy atom. The van der Waals surface area contributed by atoms with Crippen LogP contribution < -0.4 is 5.32 Å². The molecule has 2 unspecified atom stereocenters. The van der Waals surface area contributed by atoms with Crippen LogP contribution in [-0.2, 0) is 4.79 Å².